The van der Waals surface area contributed by atoms with Crippen LogP contribution in [0.15, 0.2) is 60.8 Å². The van der Waals surface area contributed by atoms with Crippen LogP contribution in [0.4, 0.5) is 0 Å². The number of H-pyrrole nitrogens is 1. The zero-order valence-electron chi connectivity index (χ0n) is 17.8. The van der Waals surface area contributed by atoms with E-state index in [4.69, 9.17) is 0 Å². The van der Waals surface area contributed by atoms with Crippen LogP contribution in [-0.4, -0.2) is 52.7 Å². The molecular weight excluding hydrogens is 386 g/mol. The number of fused-ring (bicyclic) bond motifs is 1. The van der Waals surface area contributed by atoms with E-state index in [2.05, 4.69) is 9.88 Å². The van der Waals surface area contributed by atoms with Gasteiger partial charge in [0.1, 0.15) is 0 Å². The highest BCUT2D eigenvalue weighted by atomic mass is 16.2. The summed E-state index contributed by atoms with van der Waals surface area (Å²) in [7, 11) is 0. The Bertz CT molecular complexity index is 1060. The van der Waals surface area contributed by atoms with E-state index in [1.54, 1.807) is 0 Å². The van der Waals surface area contributed by atoms with E-state index < -0.39 is 0 Å². The second-order valence-electron chi connectivity index (χ2n) is 8.77. The molecule has 31 heavy (non-hydrogen) atoms. The van der Waals surface area contributed by atoms with Crippen LogP contribution >= 0.6 is 0 Å². The minimum absolute atomic E-state index is 0.0916. The molecule has 2 aromatic carbocycles. The SMILES string of the molecule is O=C(c1c[nH]c2ccccc12)[C@H](c1ccccc1)N1CCC(C(=O)N2CCCC2)CC1. The van der Waals surface area contributed by atoms with Gasteiger partial charge in [0.15, 0.2) is 5.78 Å². The lowest BCUT2D eigenvalue weighted by atomic mass is 9.90. The summed E-state index contributed by atoms with van der Waals surface area (Å²) < 4.78 is 0. The predicted octanol–water partition coefficient (Wildman–Crippen LogP) is 4.43. The van der Waals surface area contributed by atoms with Gasteiger partial charge in [-0.25, -0.2) is 0 Å². The lowest BCUT2D eigenvalue weighted by Gasteiger charge is -2.37. The maximum Gasteiger partial charge on any atom is 0.225 e. The van der Waals surface area contributed by atoms with E-state index in [0.717, 1.165) is 73.9 Å². The third-order valence-corrected chi connectivity index (χ3v) is 6.88. The van der Waals surface area contributed by atoms with Crippen molar-refractivity contribution in [2.24, 2.45) is 5.92 Å². The normalized spacial score (nSPS) is 19.0. The molecule has 160 valence electrons. The van der Waals surface area contributed by atoms with Crippen LogP contribution in [0.1, 0.15) is 47.6 Å². The molecule has 3 aromatic rings. The molecule has 2 aliphatic rings. The molecule has 0 aliphatic carbocycles. The molecule has 1 N–H and O–H groups in total. The number of hydrogen-bond donors (Lipinski definition) is 1. The lowest BCUT2D eigenvalue weighted by Crippen LogP contribution is -2.44. The first-order chi connectivity index (χ1) is 15.2. The van der Waals surface area contributed by atoms with Crippen LogP contribution in [0, 0.1) is 5.92 Å². The Labute approximate surface area is 183 Å². The Hall–Kier alpha value is -2.92. The third kappa shape index (κ3) is 3.90. The molecule has 0 bridgehead atoms. The number of carbonyl (C=O) groups excluding carboxylic acids is 2. The average molecular weight is 416 g/mol. The number of Topliss-reactive ketones (excluding diaryl/α,β-unsaturated/α-hetero) is 1. The molecule has 5 heteroatoms. The Balaban J connectivity index is 1.39. The van der Waals surface area contributed by atoms with Crippen molar-refractivity contribution < 1.29 is 9.59 Å². The summed E-state index contributed by atoms with van der Waals surface area (Å²) in [4.78, 5) is 34.2. The summed E-state index contributed by atoms with van der Waals surface area (Å²) in [6, 6.07) is 17.7. The standard InChI is InChI=1S/C26H29N3O2/c30-25(22-18-27-23-11-5-4-10-21(22)23)24(19-8-2-1-3-9-19)28-16-12-20(13-17-28)26(31)29-14-6-7-15-29/h1-5,8-11,18,20,24,27H,6-7,12-17H2/t24-/m0/s1. The molecule has 0 spiro atoms. The molecule has 1 aromatic heterocycles. The first-order valence-electron chi connectivity index (χ1n) is 11.4. The summed E-state index contributed by atoms with van der Waals surface area (Å²) in [6.45, 7) is 3.34. The number of hydrogen-bond acceptors (Lipinski definition) is 3. The van der Waals surface area contributed by atoms with Gasteiger partial charge in [-0.15, -0.1) is 0 Å². The number of amides is 1. The highest BCUT2D eigenvalue weighted by molar-refractivity contribution is 6.10. The number of aromatic nitrogens is 1. The maximum absolute atomic E-state index is 13.8. The van der Waals surface area contributed by atoms with Gasteiger partial charge in [0.25, 0.3) is 0 Å². The summed E-state index contributed by atoms with van der Waals surface area (Å²) >= 11 is 0. The van der Waals surface area contributed by atoms with Crippen LogP contribution in [0.2, 0.25) is 0 Å². The van der Waals surface area contributed by atoms with Crippen molar-refractivity contribution in [3.63, 3.8) is 0 Å². The van der Waals surface area contributed by atoms with Crippen LogP contribution in [0.5, 0.6) is 0 Å². The van der Waals surface area contributed by atoms with E-state index in [9.17, 15) is 9.59 Å². The second-order valence-corrected chi connectivity index (χ2v) is 8.77. The first-order valence-corrected chi connectivity index (χ1v) is 11.4. The molecule has 0 radical (unpaired) electrons. The maximum atomic E-state index is 13.8. The molecule has 2 aliphatic heterocycles. The number of rotatable bonds is 5. The van der Waals surface area contributed by atoms with E-state index in [1.807, 2.05) is 65.7 Å². The molecular formula is C26H29N3O2. The van der Waals surface area contributed by atoms with Crippen LogP contribution in [0.25, 0.3) is 10.9 Å². The largest absolute Gasteiger partial charge is 0.360 e. The lowest BCUT2D eigenvalue weighted by molar-refractivity contribution is -0.136. The smallest absolute Gasteiger partial charge is 0.225 e. The summed E-state index contributed by atoms with van der Waals surface area (Å²) in [6.07, 6.45) is 5.73. The van der Waals surface area contributed by atoms with Gasteiger partial charge in [-0.3, -0.25) is 14.5 Å². The number of ketones is 1. The monoisotopic (exact) mass is 415 g/mol. The van der Waals surface area contributed by atoms with E-state index in [0.29, 0.717) is 5.91 Å². The molecule has 5 rings (SSSR count). The topological polar surface area (TPSA) is 56.4 Å². The van der Waals surface area contributed by atoms with Crippen molar-refractivity contribution in [1.29, 1.82) is 0 Å². The van der Waals surface area contributed by atoms with E-state index >= 15 is 0 Å². The molecule has 0 unspecified atom stereocenters. The Morgan fingerprint density at radius 1 is 0.871 bits per heavy atom. The molecule has 2 saturated heterocycles. The number of carbonyl (C=O) groups is 2. The van der Waals surface area contributed by atoms with Crippen LogP contribution < -0.4 is 0 Å². The van der Waals surface area contributed by atoms with Gasteiger partial charge >= 0.3 is 0 Å². The highest BCUT2D eigenvalue weighted by Gasteiger charge is 2.35. The molecule has 0 saturated carbocycles. The summed E-state index contributed by atoms with van der Waals surface area (Å²) in [5.74, 6) is 0.526. The Morgan fingerprint density at radius 2 is 1.55 bits per heavy atom. The zero-order valence-corrected chi connectivity index (χ0v) is 17.8. The number of nitrogens with one attached hydrogen (secondary N) is 1. The molecule has 5 nitrogen and oxygen atoms in total. The highest BCUT2D eigenvalue weighted by Crippen LogP contribution is 2.32. The van der Waals surface area contributed by atoms with E-state index in [1.165, 1.54) is 0 Å². The fraction of sp³-hybridized carbons (Fsp3) is 0.385. The van der Waals surface area contributed by atoms with Crippen molar-refractivity contribution in [1.82, 2.24) is 14.8 Å². The van der Waals surface area contributed by atoms with Crippen LogP contribution in [-0.2, 0) is 4.79 Å². The van der Waals surface area contributed by atoms with Crippen molar-refractivity contribution in [3.8, 4) is 0 Å². The van der Waals surface area contributed by atoms with Gasteiger partial charge < -0.3 is 9.88 Å². The van der Waals surface area contributed by atoms with Gasteiger partial charge in [0.2, 0.25) is 5.91 Å². The zero-order chi connectivity index (χ0) is 21.2. The fourth-order valence-electron chi connectivity index (χ4n) is 5.19. The minimum Gasteiger partial charge on any atom is -0.360 e. The molecule has 1 amide bonds. The Kier molecular flexibility index (Phi) is 5.60. The Morgan fingerprint density at radius 3 is 2.29 bits per heavy atom. The number of piperidine rings is 1. The van der Waals surface area contributed by atoms with Crippen molar-refractivity contribution in [2.45, 2.75) is 31.7 Å². The van der Waals surface area contributed by atoms with Gasteiger partial charge in [-0.05, 0) is 50.4 Å². The van der Waals surface area contributed by atoms with Crippen molar-refractivity contribution >= 4 is 22.6 Å². The predicted molar refractivity (Wildman–Crippen MR) is 122 cm³/mol. The minimum atomic E-state index is -0.330. The number of aromatic amines is 1. The number of benzene rings is 2. The quantitative estimate of drug-likeness (QED) is 0.628. The summed E-state index contributed by atoms with van der Waals surface area (Å²) in [5.41, 5.74) is 2.73. The molecule has 1 atom stereocenters. The third-order valence-electron chi connectivity index (χ3n) is 6.88. The average Bonchev–Trinajstić information content (AvgIpc) is 3.50. The fourth-order valence-corrected chi connectivity index (χ4v) is 5.19. The number of nitrogens with zero attached hydrogens (tertiary/aromatic N) is 2. The van der Waals surface area contributed by atoms with Crippen LogP contribution in [0.3, 0.4) is 0 Å². The second kappa shape index (κ2) is 8.67. The molecule has 2 fully saturated rings. The van der Waals surface area contributed by atoms with Gasteiger partial charge in [0, 0.05) is 41.7 Å². The number of likely N-dealkylation sites (tertiary alicyclic amines) is 2. The van der Waals surface area contributed by atoms with Crippen molar-refractivity contribution in [3.05, 3.63) is 71.9 Å². The van der Waals surface area contributed by atoms with E-state index in [-0.39, 0.29) is 17.7 Å². The van der Waals surface area contributed by atoms with Crippen molar-refractivity contribution in [2.75, 3.05) is 26.2 Å². The van der Waals surface area contributed by atoms with Gasteiger partial charge in [-0.2, -0.15) is 0 Å². The summed E-state index contributed by atoms with van der Waals surface area (Å²) in [5, 5.41) is 0.965. The molecule has 3 heterocycles. The first kappa shape index (κ1) is 20.0. The van der Waals surface area contributed by atoms with Gasteiger partial charge in [-0.1, -0.05) is 48.5 Å². The number of para-hydroxylation sites is 1. The van der Waals surface area contributed by atoms with Gasteiger partial charge in [0.05, 0.1) is 6.04 Å².